The molecule has 1 rings (SSSR count). The van der Waals surface area contributed by atoms with E-state index in [2.05, 4.69) is 43.0 Å². The second-order valence-electron chi connectivity index (χ2n) is 13.2. The molecule has 238 valence electrons. The summed E-state index contributed by atoms with van der Waals surface area (Å²) in [5, 5.41) is 0. The van der Waals surface area contributed by atoms with E-state index in [1.165, 1.54) is 206 Å². The zero-order chi connectivity index (χ0) is 28.8. The van der Waals surface area contributed by atoms with E-state index < -0.39 is 0 Å². The van der Waals surface area contributed by atoms with Gasteiger partial charge in [-0.05, 0) is 25.7 Å². The van der Waals surface area contributed by atoms with Gasteiger partial charge < -0.3 is 9.80 Å². The van der Waals surface area contributed by atoms with Crippen molar-refractivity contribution >= 4 is 0 Å². The van der Waals surface area contributed by atoms with E-state index >= 15 is 0 Å². The number of hydrogen-bond acceptors (Lipinski definition) is 2. The topological polar surface area (TPSA) is 6.48 Å². The molecule has 40 heavy (non-hydrogen) atoms. The van der Waals surface area contributed by atoms with Crippen LogP contribution in [-0.2, 0) is 0 Å². The molecule has 0 aromatic carbocycles. The highest BCUT2D eigenvalue weighted by Gasteiger charge is 2.24. The second-order valence-corrected chi connectivity index (χ2v) is 13.2. The highest BCUT2D eigenvalue weighted by atomic mass is 15.4. The van der Waals surface area contributed by atoms with Crippen LogP contribution < -0.4 is 0 Å². The van der Waals surface area contributed by atoms with Gasteiger partial charge in [-0.25, -0.2) is 0 Å². The number of unbranched alkanes of at least 4 members (excludes halogenated alkanes) is 26. The summed E-state index contributed by atoms with van der Waals surface area (Å²) in [5.41, 5.74) is 0. The molecule has 1 atom stereocenters. The zero-order valence-electron chi connectivity index (χ0n) is 28.3. The Morgan fingerprint density at radius 2 is 0.575 bits per heavy atom. The third-order valence-corrected chi connectivity index (χ3v) is 9.32. The molecule has 0 amide bonds. The molecule has 2 nitrogen and oxygen atoms in total. The van der Waals surface area contributed by atoms with Gasteiger partial charge >= 0.3 is 0 Å². The molecule has 0 saturated carbocycles. The Labute approximate surface area is 254 Å². The molecular formula is C38H76N2. The lowest BCUT2D eigenvalue weighted by molar-refractivity contribution is 0.135. The fourth-order valence-corrected chi connectivity index (χ4v) is 6.54. The van der Waals surface area contributed by atoms with Crippen molar-refractivity contribution < 1.29 is 0 Å². The Balaban J connectivity index is 2.22. The summed E-state index contributed by atoms with van der Waals surface area (Å²) in [5.74, 6) is 0. The molecule has 1 aliphatic rings. The SMILES string of the molecule is CCCCCCCCCCCCCC1N(CCCCCCCCC)C=CN1CCCCCCCCCCCCC. The van der Waals surface area contributed by atoms with Gasteiger partial charge in [-0.2, -0.15) is 0 Å². The van der Waals surface area contributed by atoms with E-state index in [1.54, 1.807) is 0 Å². The third-order valence-electron chi connectivity index (χ3n) is 9.32. The highest BCUT2D eigenvalue weighted by molar-refractivity contribution is 4.97. The van der Waals surface area contributed by atoms with Crippen LogP contribution in [0.3, 0.4) is 0 Å². The lowest BCUT2D eigenvalue weighted by Gasteiger charge is -2.33. The summed E-state index contributed by atoms with van der Waals surface area (Å²) in [6.45, 7) is 9.48. The van der Waals surface area contributed by atoms with Crippen LogP contribution in [0.4, 0.5) is 0 Å². The van der Waals surface area contributed by atoms with E-state index in [0.29, 0.717) is 6.17 Å². The Hall–Kier alpha value is -0.660. The Morgan fingerprint density at radius 1 is 0.325 bits per heavy atom. The summed E-state index contributed by atoms with van der Waals surface area (Å²) in [7, 11) is 0. The predicted molar refractivity (Wildman–Crippen MR) is 182 cm³/mol. The summed E-state index contributed by atoms with van der Waals surface area (Å²) < 4.78 is 0. The largest absolute Gasteiger partial charge is 0.356 e. The first-order chi connectivity index (χ1) is 19.8. The van der Waals surface area contributed by atoms with Gasteiger partial charge in [0.2, 0.25) is 0 Å². The quantitative estimate of drug-likeness (QED) is 0.0755. The molecule has 1 heterocycles. The van der Waals surface area contributed by atoms with Crippen molar-refractivity contribution in [3.05, 3.63) is 12.4 Å². The van der Waals surface area contributed by atoms with Crippen LogP contribution in [0.2, 0.25) is 0 Å². The van der Waals surface area contributed by atoms with Gasteiger partial charge in [0.15, 0.2) is 0 Å². The molecule has 0 fully saturated rings. The molecule has 1 aliphatic heterocycles. The van der Waals surface area contributed by atoms with Gasteiger partial charge in [-0.15, -0.1) is 0 Å². The first-order valence-electron chi connectivity index (χ1n) is 19.0. The van der Waals surface area contributed by atoms with E-state index in [0.717, 1.165) is 0 Å². The maximum Gasteiger partial charge on any atom is 0.101 e. The number of rotatable bonds is 32. The Kier molecular flexibility index (Phi) is 27.9. The van der Waals surface area contributed by atoms with Crippen LogP contribution in [0, 0.1) is 0 Å². The minimum absolute atomic E-state index is 0.641. The molecule has 0 bridgehead atoms. The van der Waals surface area contributed by atoms with Crippen LogP contribution >= 0.6 is 0 Å². The smallest absolute Gasteiger partial charge is 0.101 e. The fraction of sp³-hybridized carbons (Fsp3) is 0.947. The molecule has 0 spiro atoms. The van der Waals surface area contributed by atoms with Gasteiger partial charge in [-0.1, -0.05) is 188 Å². The van der Waals surface area contributed by atoms with Crippen molar-refractivity contribution in [1.29, 1.82) is 0 Å². The first-order valence-corrected chi connectivity index (χ1v) is 19.0. The van der Waals surface area contributed by atoms with E-state index in [4.69, 9.17) is 0 Å². The molecular weight excluding hydrogens is 484 g/mol. The van der Waals surface area contributed by atoms with E-state index in [9.17, 15) is 0 Å². The monoisotopic (exact) mass is 561 g/mol. The van der Waals surface area contributed by atoms with E-state index in [-0.39, 0.29) is 0 Å². The van der Waals surface area contributed by atoms with Crippen LogP contribution in [0.25, 0.3) is 0 Å². The van der Waals surface area contributed by atoms with Crippen molar-refractivity contribution in [3.8, 4) is 0 Å². The van der Waals surface area contributed by atoms with Crippen LogP contribution in [0.15, 0.2) is 12.4 Å². The predicted octanol–water partition coefficient (Wildman–Crippen LogP) is 13.2. The normalized spacial score (nSPS) is 15.1. The summed E-state index contributed by atoms with van der Waals surface area (Å²) in [4.78, 5) is 5.42. The summed E-state index contributed by atoms with van der Waals surface area (Å²) in [6.07, 6.45) is 48.4. The van der Waals surface area contributed by atoms with Gasteiger partial charge in [0.1, 0.15) is 6.17 Å². The summed E-state index contributed by atoms with van der Waals surface area (Å²) >= 11 is 0. The zero-order valence-corrected chi connectivity index (χ0v) is 28.3. The van der Waals surface area contributed by atoms with Gasteiger partial charge in [0.05, 0.1) is 0 Å². The first kappa shape index (κ1) is 37.4. The summed E-state index contributed by atoms with van der Waals surface area (Å²) in [6, 6.07) is 0. The van der Waals surface area contributed by atoms with Crippen molar-refractivity contribution in [1.82, 2.24) is 9.80 Å². The van der Waals surface area contributed by atoms with Gasteiger partial charge in [0.25, 0.3) is 0 Å². The minimum atomic E-state index is 0.641. The standard InChI is InChI=1S/C38H76N2/c1-4-7-10-13-16-18-20-22-24-27-30-33-38-39(34-31-28-25-15-12-9-6-3)36-37-40(38)35-32-29-26-23-21-19-17-14-11-8-5-2/h36-38H,4-35H2,1-3H3. The maximum atomic E-state index is 2.71. The van der Waals surface area contributed by atoms with Gasteiger partial charge in [0, 0.05) is 25.5 Å². The average Bonchev–Trinajstić information content (AvgIpc) is 3.35. The third kappa shape index (κ3) is 22.0. The second kappa shape index (κ2) is 29.8. The number of hydrogen-bond donors (Lipinski definition) is 0. The lowest BCUT2D eigenvalue weighted by Crippen LogP contribution is -2.39. The van der Waals surface area contributed by atoms with Crippen LogP contribution in [0.5, 0.6) is 0 Å². The minimum Gasteiger partial charge on any atom is -0.356 e. The van der Waals surface area contributed by atoms with Crippen molar-refractivity contribution in [2.45, 2.75) is 220 Å². The molecule has 0 N–H and O–H groups in total. The molecule has 0 aromatic heterocycles. The van der Waals surface area contributed by atoms with Crippen LogP contribution in [0.1, 0.15) is 213 Å². The highest BCUT2D eigenvalue weighted by Crippen LogP contribution is 2.24. The Bertz CT molecular complexity index is 516. The van der Waals surface area contributed by atoms with Crippen LogP contribution in [-0.4, -0.2) is 29.1 Å². The van der Waals surface area contributed by atoms with Crippen molar-refractivity contribution in [3.63, 3.8) is 0 Å². The molecule has 0 saturated heterocycles. The maximum absolute atomic E-state index is 2.71. The molecule has 0 radical (unpaired) electrons. The molecule has 2 heteroatoms. The molecule has 0 aliphatic carbocycles. The van der Waals surface area contributed by atoms with E-state index in [1.807, 2.05) is 0 Å². The molecule has 1 unspecified atom stereocenters. The van der Waals surface area contributed by atoms with Crippen molar-refractivity contribution in [2.75, 3.05) is 13.1 Å². The Morgan fingerprint density at radius 3 is 0.875 bits per heavy atom. The lowest BCUT2D eigenvalue weighted by atomic mass is 10.0. The number of nitrogens with zero attached hydrogens (tertiary/aromatic N) is 2. The molecule has 0 aromatic rings. The van der Waals surface area contributed by atoms with Crippen molar-refractivity contribution in [2.24, 2.45) is 0 Å². The average molecular weight is 561 g/mol. The van der Waals surface area contributed by atoms with Gasteiger partial charge in [-0.3, -0.25) is 0 Å². The fourth-order valence-electron chi connectivity index (χ4n) is 6.54.